The maximum atomic E-state index is 11.9. The lowest BCUT2D eigenvalue weighted by molar-refractivity contribution is -0.142. The number of rotatable bonds is 7. The third-order valence-electron chi connectivity index (χ3n) is 2.68. The summed E-state index contributed by atoms with van der Waals surface area (Å²) in [4.78, 5) is 37.8. The molecule has 0 aromatic carbocycles. The Balaban J connectivity index is 2.66. The molecule has 0 aliphatic rings. The summed E-state index contributed by atoms with van der Waals surface area (Å²) in [6, 6.07) is 1.76. The van der Waals surface area contributed by atoms with Crippen molar-refractivity contribution in [2.24, 2.45) is 0 Å². The number of carbonyl (C=O) groups is 3. The van der Waals surface area contributed by atoms with Gasteiger partial charge in [-0.25, -0.2) is 9.78 Å². The zero-order chi connectivity index (χ0) is 15.8. The van der Waals surface area contributed by atoms with E-state index in [0.29, 0.717) is 5.88 Å². The summed E-state index contributed by atoms with van der Waals surface area (Å²) >= 11 is 0. The normalized spacial score (nSPS) is 11.3. The molecule has 8 heteroatoms. The molecule has 0 saturated heterocycles. The summed E-state index contributed by atoms with van der Waals surface area (Å²) in [6.07, 6.45) is 1.11. The van der Waals surface area contributed by atoms with Gasteiger partial charge in [-0.15, -0.1) is 0 Å². The molecule has 0 radical (unpaired) electrons. The largest absolute Gasteiger partial charge is 0.481 e. The molecule has 21 heavy (non-hydrogen) atoms. The smallest absolute Gasteiger partial charge is 0.326 e. The summed E-state index contributed by atoms with van der Waals surface area (Å²) in [5.41, 5.74) is 0.195. The van der Waals surface area contributed by atoms with Crippen LogP contribution in [-0.2, 0) is 14.3 Å². The fourth-order valence-corrected chi connectivity index (χ4v) is 1.50. The average molecular weight is 296 g/mol. The van der Waals surface area contributed by atoms with E-state index in [9.17, 15) is 14.4 Å². The van der Waals surface area contributed by atoms with Crippen LogP contribution in [0.1, 0.15) is 23.2 Å². The van der Waals surface area contributed by atoms with Crippen molar-refractivity contribution in [1.29, 1.82) is 0 Å². The number of pyridine rings is 1. The molecule has 8 nitrogen and oxygen atoms in total. The molecule has 1 amide bonds. The molecule has 2 N–H and O–H groups in total. The number of carbonyl (C=O) groups excluding carboxylic acids is 2. The van der Waals surface area contributed by atoms with Crippen molar-refractivity contribution in [1.82, 2.24) is 10.3 Å². The molecular formula is C13H16N2O6. The quantitative estimate of drug-likeness (QED) is 0.692. The van der Waals surface area contributed by atoms with E-state index >= 15 is 0 Å². The molecule has 1 aromatic heterocycles. The number of aromatic nitrogens is 1. The zero-order valence-electron chi connectivity index (χ0n) is 11.7. The molecule has 1 rings (SSSR count). The Morgan fingerprint density at radius 1 is 1.33 bits per heavy atom. The van der Waals surface area contributed by atoms with Crippen LogP contribution in [0.25, 0.3) is 0 Å². The lowest BCUT2D eigenvalue weighted by Crippen LogP contribution is -2.41. The molecule has 1 heterocycles. The first-order chi connectivity index (χ1) is 9.97. The summed E-state index contributed by atoms with van der Waals surface area (Å²) in [7, 11) is 2.65. The minimum atomic E-state index is -1.23. The second-order valence-corrected chi connectivity index (χ2v) is 4.07. The molecule has 1 unspecified atom stereocenters. The van der Waals surface area contributed by atoms with E-state index in [1.165, 1.54) is 32.5 Å². The maximum Gasteiger partial charge on any atom is 0.326 e. The van der Waals surface area contributed by atoms with Gasteiger partial charge in [0.1, 0.15) is 6.04 Å². The number of carboxylic acids is 1. The van der Waals surface area contributed by atoms with E-state index in [1.54, 1.807) is 0 Å². The standard InChI is InChI=1S/C13H16N2O6/c1-20-10-5-3-8(7-14-10)12(17)15-9(13(18)19)4-6-11(16)21-2/h3,5,7,9H,4,6H2,1-2H3,(H,15,17)(H,18,19). The number of hydrogen-bond acceptors (Lipinski definition) is 6. The Morgan fingerprint density at radius 2 is 2.05 bits per heavy atom. The van der Waals surface area contributed by atoms with Gasteiger partial charge in [-0.2, -0.15) is 0 Å². The van der Waals surface area contributed by atoms with E-state index in [-0.39, 0.29) is 18.4 Å². The minimum Gasteiger partial charge on any atom is -0.481 e. The van der Waals surface area contributed by atoms with Crippen molar-refractivity contribution < 1.29 is 29.0 Å². The van der Waals surface area contributed by atoms with E-state index < -0.39 is 23.9 Å². The summed E-state index contributed by atoms with van der Waals surface area (Å²) in [5.74, 6) is -2.02. The molecule has 0 spiro atoms. The van der Waals surface area contributed by atoms with Gasteiger partial charge in [0.2, 0.25) is 5.88 Å². The van der Waals surface area contributed by atoms with Crippen LogP contribution in [0.3, 0.4) is 0 Å². The van der Waals surface area contributed by atoms with Crippen molar-refractivity contribution >= 4 is 17.8 Å². The molecule has 0 aliphatic carbocycles. The second kappa shape index (κ2) is 7.83. The van der Waals surface area contributed by atoms with Gasteiger partial charge in [-0.3, -0.25) is 9.59 Å². The average Bonchev–Trinajstić information content (AvgIpc) is 2.50. The van der Waals surface area contributed by atoms with Crippen molar-refractivity contribution in [3.8, 4) is 5.88 Å². The molecule has 1 aromatic rings. The van der Waals surface area contributed by atoms with Gasteiger partial charge < -0.3 is 19.9 Å². The van der Waals surface area contributed by atoms with Gasteiger partial charge in [0.05, 0.1) is 19.8 Å². The van der Waals surface area contributed by atoms with Gasteiger partial charge in [0, 0.05) is 18.7 Å². The van der Waals surface area contributed by atoms with Gasteiger partial charge >= 0.3 is 11.9 Å². The van der Waals surface area contributed by atoms with Crippen LogP contribution >= 0.6 is 0 Å². The zero-order valence-corrected chi connectivity index (χ0v) is 11.7. The van der Waals surface area contributed by atoms with Crippen LogP contribution in [0.15, 0.2) is 18.3 Å². The number of carboxylic acid groups (broad SMARTS) is 1. The van der Waals surface area contributed by atoms with Gasteiger partial charge in [-0.05, 0) is 12.5 Å². The number of nitrogens with one attached hydrogen (secondary N) is 1. The fourth-order valence-electron chi connectivity index (χ4n) is 1.50. The van der Waals surface area contributed by atoms with E-state index in [2.05, 4.69) is 15.0 Å². The van der Waals surface area contributed by atoms with Crippen LogP contribution in [0.2, 0.25) is 0 Å². The summed E-state index contributed by atoms with van der Waals surface area (Å²) < 4.78 is 9.28. The Kier molecular flexibility index (Phi) is 6.12. The molecule has 1 atom stereocenters. The highest BCUT2D eigenvalue weighted by molar-refractivity contribution is 5.96. The van der Waals surface area contributed by atoms with Crippen LogP contribution in [0.4, 0.5) is 0 Å². The lowest BCUT2D eigenvalue weighted by atomic mass is 10.1. The molecule has 0 fully saturated rings. The first kappa shape index (κ1) is 16.4. The predicted octanol–water partition coefficient (Wildman–Crippen LogP) is 0.226. The number of methoxy groups -OCH3 is 2. The Labute approximate surface area is 121 Å². The maximum absolute atomic E-state index is 11.9. The highest BCUT2D eigenvalue weighted by Crippen LogP contribution is 2.08. The molecule has 0 bridgehead atoms. The monoisotopic (exact) mass is 296 g/mol. The van der Waals surface area contributed by atoms with E-state index in [0.717, 1.165) is 0 Å². The Hall–Kier alpha value is -2.64. The number of aliphatic carboxylic acids is 1. The fraction of sp³-hybridized carbons (Fsp3) is 0.385. The Bertz CT molecular complexity index is 514. The van der Waals surface area contributed by atoms with Crippen molar-refractivity contribution in [2.75, 3.05) is 14.2 Å². The number of amides is 1. The topological polar surface area (TPSA) is 115 Å². The summed E-state index contributed by atoms with van der Waals surface area (Å²) in [6.45, 7) is 0. The van der Waals surface area contributed by atoms with Crippen LogP contribution in [0.5, 0.6) is 5.88 Å². The first-order valence-electron chi connectivity index (χ1n) is 6.08. The number of esters is 1. The SMILES string of the molecule is COC(=O)CCC(NC(=O)c1ccc(OC)nc1)C(=O)O. The lowest BCUT2D eigenvalue weighted by Gasteiger charge is -2.13. The van der Waals surface area contributed by atoms with Crippen LogP contribution in [0, 0.1) is 0 Å². The van der Waals surface area contributed by atoms with Gasteiger partial charge in [0.25, 0.3) is 5.91 Å². The molecule has 0 aliphatic heterocycles. The minimum absolute atomic E-state index is 0.0582. The number of nitrogens with zero attached hydrogens (tertiary/aromatic N) is 1. The third kappa shape index (κ3) is 5.09. The van der Waals surface area contributed by atoms with Crippen molar-refractivity contribution in [3.63, 3.8) is 0 Å². The molecule has 0 saturated carbocycles. The third-order valence-corrected chi connectivity index (χ3v) is 2.68. The van der Waals surface area contributed by atoms with Gasteiger partial charge in [0.15, 0.2) is 0 Å². The van der Waals surface area contributed by atoms with Crippen LogP contribution < -0.4 is 10.1 Å². The van der Waals surface area contributed by atoms with E-state index in [1.807, 2.05) is 0 Å². The number of hydrogen-bond donors (Lipinski definition) is 2. The highest BCUT2D eigenvalue weighted by Gasteiger charge is 2.22. The van der Waals surface area contributed by atoms with Gasteiger partial charge in [-0.1, -0.05) is 0 Å². The molecular weight excluding hydrogens is 280 g/mol. The predicted molar refractivity (Wildman–Crippen MR) is 70.9 cm³/mol. The second-order valence-electron chi connectivity index (χ2n) is 4.07. The highest BCUT2D eigenvalue weighted by atomic mass is 16.5. The van der Waals surface area contributed by atoms with Crippen molar-refractivity contribution in [3.05, 3.63) is 23.9 Å². The first-order valence-corrected chi connectivity index (χ1v) is 6.08. The summed E-state index contributed by atoms with van der Waals surface area (Å²) in [5, 5.41) is 11.4. The Morgan fingerprint density at radius 3 is 2.52 bits per heavy atom. The van der Waals surface area contributed by atoms with E-state index in [4.69, 9.17) is 9.84 Å². The van der Waals surface area contributed by atoms with Crippen molar-refractivity contribution in [2.45, 2.75) is 18.9 Å². The number of ether oxygens (including phenoxy) is 2. The molecule has 114 valence electrons. The van der Waals surface area contributed by atoms with Crippen LogP contribution in [-0.4, -0.2) is 48.2 Å².